The van der Waals surface area contributed by atoms with Crippen molar-refractivity contribution in [3.8, 4) is 0 Å². The lowest BCUT2D eigenvalue weighted by molar-refractivity contribution is -0.118. The fraction of sp³-hybridized carbons (Fsp3) is 0.533. The molecule has 4 heteroatoms. The summed E-state index contributed by atoms with van der Waals surface area (Å²) in [5, 5.41) is 13.2. The molecule has 0 radical (unpaired) electrons. The Morgan fingerprint density at radius 1 is 1.53 bits per heavy atom. The number of aliphatic hydroxyl groups is 1. The number of allylic oxidation sites excluding steroid dienone is 1. The molecule has 0 aliphatic rings. The molecule has 19 heavy (non-hydrogen) atoms. The summed E-state index contributed by atoms with van der Waals surface area (Å²) in [4.78, 5) is 11.8. The van der Waals surface area contributed by atoms with Crippen molar-refractivity contribution in [1.82, 2.24) is 5.32 Å². The van der Waals surface area contributed by atoms with Gasteiger partial charge in [0.25, 0.3) is 0 Å². The average molecular weight is 265 g/mol. The van der Waals surface area contributed by atoms with E-state index in [0.717, 1.165) is 12.2 Å². The Hall–Kier alpha value is -1.55. The van der Waals surface area contributed by atoms with Gasteiger partial charge in [-0.25, -0.2) is 0 Å². The van der Waals surface area contributed by atoms with Gasteiger partial charge >= 0.3 is 0 Å². The molecular weight excluding hydrogens is 242 g/mol. The maximum absolute atomic E-state index is 11.8. The first-order chi connectivity index (χ1) is 8.77. The Morgan fingerprint density at radius 2 is 2.16 bits per heavy atom. The van der Waals surface area contributed by atoms with Crippen molar-refractivity contribution in [2.24, 2.45) is 0 Å². The zero-order valence-electron chi connectivity index (χ0n) is 12.3. The molecule has 1 amide bonds. The molecular formula is C15H23NO3. The highest BCUT2D eigenvalue weighted by Gasteiger charge is 2.28. The Morgan fingerprint density at radius 3 is 2.63 bits per heavy atom. The van der Waals surface area contributed by atoms with Crippen LogP contribution < -0.4 is 5.32 Å². The van der Waals surface area contributed by atoms with Gasteiger partial charge in [-0.1, -0.05) is 13.0 Å². The first kappa shape index (κ1) is 15.5. The van der Waals surface area contributed by atoms with Crippen LogP contribution in [0.2, 0.25) is 0 Å². The van der Waals surface area contributed by atoms with Gasteiger partial charge in [-0.2, -0.15) is 0 Å². The molecule has 1 atom stereocenters. The summed E-state index contributed by atoms with van der Waals surface area (Å²) in [5.41, 5.74) is 0.241. The molecule has 0 fully saturated rings. The van der Waals surface area contributed by atoms with Crippen LogP contribution in [-0.4, -0.2) is 17.6 Å². The number of furan rings is 1. The number of hydrogen-bond donors (Lipinski definition) is 2. The van der Waals surface area contributed by atoms with Crippen LogP contribution >= 0.6 is 0 Å². The number of carbonyl (C=O) groups is 1. The van der Waals surface area contributed by atoms with E-state index in [0.29, 0.717) is 16.9 Å². The van der Waals surface area contributed by atoms with Crippen LogP contribution in [0.15, 0.2) is 22.1 Å². The van der Waals surface area contributed by atoms with E-state index in [2.05, 4.69) is 5.32 Å². The minimum absolute atomic E-state index is 0.153. The number of amides is 1. The third-order valence-electron chi connectivity index (χ3n) is 3.08. The van der Waals surface area contributed by atoms with Crippen LogP contribution in [0.5, 0.6) is 0 Å². The first-order valence-electron chi connectivity index (χ1n) is 6.52. The van der Waals surface area contributed by atoms with Crippen LogP contribution in [0.4, 0.5) is 0 Å². The summed E-state index contributed by atoms with van der Waals surface area (Å²) in [6, 6.07) is 1.80. The Balaban J connectivity index is 2.73. The van der Waals surface area contributed by atoms with Gasteiger partial charge in [-0.3, -0.25) is 4.79 Å². The summed E-state index contributed by atoms with van der Waals surface area (Å²) >= 11 is 0. The molecule has 4 nitrogen and oxygen atoms in total. The van der Waals surface area contributed by atoms with E-state index < -0.39 is 5.60 Å². The SMILES string of the molecule is CCC=C(C)C(=O)NCC(C)(O)c1cc(C)oc1C. The normalized spacial score (nSPS) is 15.2. The van der Waals surface area contributed by atoms with Crippen molar-refractivity contribution in [3.05, 3.63) is 34.8 Å². The van der Waals surface area contributed by atoms with Gasteiger partial charge in [0, 0.05) is 11.1 Å². The lowest BCUT2D eigenvalue weighted by Gasteiger charge is -2.23. The van der Waals surface area contributed by atoms with E-state index in [4.69, 9.17) is 4.42 Å². The maximum atomic E-state index is 11.8. The predicted molar refractivity (Wildman–Crippen MR) is 74.8 cm³/mol. The standard InChI is InChI=1S/C15H23NO3/c1-6-7-10(2)14(17)16-9-15(5,18)13-8-11(3)19-12(13)4/h7-8,18H,6,9H2,1-5H3,(H,16,17). The summed E-state index contributed by atoms with van der Waals surface area (Å²) in [7, 11) is 0. The maximum Gasteiger partial charge on any atom is 0.246 e. The zero-order chi connectivity index (χ0) is 14.6. The van der Waals surface area contributed by atoms with Gasteiger partial charge in [0.15, 0.2) is 0 Å². The third kappa shape index (κ3) is 3.96. The van der Waals surface area contributed by atoms with Crippen LogP contribution in [0, 0.1) is 13.8 Å². The molecule has 0 aliphatic carbocycles. The molecule has 0 saturated heterocycles. The molecule has 0 aliphatic heterocycles. The van der Waals surface area contributed by atoms with Gasteiger partial charge < -0.3 is 14.8 Å². The summed E-state index contributed by atoms with van der Waals surface area (Å²) in [5.74, 6) is 1.28. The minimum Gasteiger partial charge on any atom is -0.466 e. The number of carbonyl (C=O) groups excluding carboxylic acids is 1. The topological polar surface area (TPSA) is 62.5 Å². The second-order valence-electron chi connectivity index (χ2n) is 5.08. The van der Waals surface area contributed by atoms with Crippen molar-refractivity contribution < 1.29 is 14.3 Å². The summed E-state index contributed by atoms with van der Waals surface area (Å²) in [6.07, 6.45) is 2.67. The van der Waals surface area contributed by atoms with Crippen LogP contribution in [0.3, 0.4) is 0 Å². The molecule has 1 aromatic heterocycles. The van der Waals surface area contributed by atoms with Crippen molar-refractivity contribution >= 4 is 5.91 Å². The zero-order valence-corrected chi connectivity index (χ0v) is 12.3. The highest BCUT2D eigenvalue weighted by atomic mass is 16.3. The Bertz CT molecular complexity index is 484. The number of hydrogen-bond acceptors (Lipinski definition) is 3. The lowest BCUT2D eigenvalue weighted by atomic mass is 9.96. The van der Waals surface area contributed by atoms with E-state index in [1.165, 1.54) is 0 Å². The number of aryl methyl sites for hydroxylation is 2. The second kappa shape index (κ2) is 6.06. The van der Waals surface area contributed by atoms with Crippen LogP contribution in [0.1, 0.15) is 44.3 Å². The lowest BCUT2D eigenvalue weighted by Crippen LogP contribution is -2.39. The van der Waals surface area contributed by atoms with Gasteiger partial charge in [0.1, 0.15) is 17.1 Å². The molecule has 1 unspecified atom stereocenters. The largest absolute Gasteiger partial charge is 0.466 e. The van der Waals surface area contributed by atoms with Gasteiger partial charge in [-0.15, -0.1) is 0 Å². The second-order valence-corrected chi connectivity index (χ2v) is 5.08. The van der Waals surface area contributed by atoms with E-state index in [1.54, 1.807) is 26.8 Å². The van der Waals surface area contributed by atoms with Crippen molar-refractivity contribution in [1.29, 1.82) is 0 Å². The molecule has 2 N–H and O–H groups in total. The van der Waals surface area contributed by atoms with Gasteiger partial charge in [-0.05, 0) is 40.2 Å². The summed E-state index contributed by atoms with van der Waals surface area (Å²) in [6.45, 7) is 9.20. The smallest absolute Gasteiger partial charge is 0.246 e. The van der Waals surface area contributed by atoms with E-state index in [1.807, 2.05) is 19.9 Å². The van der Waals surface area contributed by atoms with E-state index >= 15 is 0 Å². The van der Waals surface area contributed by atoms with Crippen LogP contribution in [-0.2, 0) is 10.4 Å². The molecule has 0 aromatic carbocycles. The van der Waals surface area contributed by atoms with Crippen LogP contribution in [0.25, 0.3) is 0 Å². The van der Waals surface area contributed by atoms with E-state index in [9.17, 15) is 9.90 Å². The minimum atomic E-state index is -1.13. The number of rotatable bonds is 5. The highest BCUT2D eigenvalue weighted by molar-refractivity contribution is 5.92. The monoisotopic (exact) mass is 265 g/mol. The van der Waals surface area contributed by atoms with Crippen molar-refractivity contribution in [3.63, 3.8) is 0 Å². The molecule has 0 spiro atoms. The van der Waals surface area contributed by atoms with E-state index in [-0.39, 0.29) is 12.5 Å². The number of nitrogens with one attached hydrogen (secondary N) is 1. The predicted octanol–water partition coefficient (Wildman–Crippen LogP) is 2.58. The Kier molecular flexibility index (Phi) is 4.95. The van der Waals surface area contributed by atoms with Gasteiger partial charge in [0.2, 0.25) is 5.91 Å². The van der Waals surface area contributed by atoms with Crippen molar-refractivity contribution in [2.75, 3.05) is 6.54 Å². The third-order valence-corrected chi connectivity index (χ3v) is 3.08. The average Bonchev–Trinajstić information content (AvgIpc) is 2.66. The fourth-order valence-electron chi connectivity index (χ4n) is 2.05. The fourth-order valence-corrected chi connectivity index (χ4v) is 2.05. The van der Waals surface area contributed by atoms with Gasteiger partial charge in [0.05, 0.1) is 6.54 Å². The quantitative estimate of drug-likeness (QED) is 0.804. The molecule has 1 rings (SSSR count). The molecule has 0 bridgehead atoms. The molecule has 106 valence electrons. The molecule has 0 saturated carbocycles. The van der Waals surface area contributed by atoms with Crippen molar-refractivity contribution in [2.45, 2.75) is 46.6 Å². The highest BCUT2D eigenvalue weighted by Crippen LogP contribution is 2.26. The summed E-state index contributed by atoms with van der Waals surface area (Å²) < 4.78 is 5.41. The molecule has 1 aromatic rings. The Labute approximate surface area is 114 Å². The first-order valence-corrected chi connectivity index (χ1v) is 6.52. The molecule has 1 heterocycles.